The van der Waals surface area contributed by atoms with Gasteiger partial charge in [0.15, 0.2) is 10.9 Å². The van der Waals surface area contributed by atoms with Gasteiger partial charge >= 0.3 is 5.69 Å². The number of nitro groups is 1. The Labute approximate surface area is 197 Å². The van der Waals surface area contributed by atoms with Crippen LogP contribution in [-0.2, 0) is 0 Å². The minimum Gasteiger partial charge on any atom is -0.490 e. The van der Waals surface area contributed by atoms with E-state index in [1.165, 1.54) is 24.0 Å². The molecule has 1 heterocycles. The van der Waals surface area contributed by atoms with Crippen LogP contribution in [0.1, 0.15) is 10.4 Å². The second-order valence-corrected chi connectivity index (χ2v) is 7.51. The van der Waals surface area contributed by atoms with E-state index in [4.69, 9.17) is 28.6 Å². The van der Waals surface area contributed by atoms with Gasteiger partial charge in [-0.2, -0.15) is 4.80 Å². The standard InChI is InChI=1S/C21H15ClN6O4S/c1-32-19-8-7-12(9-18(19)28(30)31)20(29)24-21(33)23-15-11-17-16(10-14(15)22)25-27(26-17)13-5-3-2-4-6-13/h2-11H,1H3,(H2,23,24,29,33). The van der Waals surface area contributed by atoms with Gasteiger partial charge in [-0.1, -0.05) is 29.8 Å². The summed E-state index contributed by atoms with van der Waals surface area (Å²) in [7, 11) is 1.31. The predicted octanol–water partition coefficient (Wildman–Crippen LogP) is 4.12. The van der Waals surface area contributed by atoms with Gasteiger partial charge in [0, 0.05) is 11.6 Å². The molecule has 12 heteroatoms. The summed E-state index contributed by atoms with van der Waals surface area (Å²) in [5.74, 6) is -0.591. The lowest BCUT2D eigenvalue weighted by Gasteiger charge is -2.11. The van der Waals surface area contributed by atoms with Crippen molar-refractivity contribution in [3.8, 4) is 11.4 Å². The lowest BCUT2D eigenvalue weighted by Crippen LogP contribution is -2.34. The molecule has 0 aliphatic carbocycles. The maximum Gasteiger partial charge on any atom is 0.311 e. The second-order valence-electron chi connectivity index (χ2n) is 6.70. The Morgan fingerprint density at radius 3 is 2.48 bits per heavy atom. The van der Waals surface area contributed by atoms with Crippen LogP contribution in [0.2, 0.25) is 5.02 Å². The Bertz CT molecular complexity index is 1390. The van der Waals surface area contributed by atoms with E-state index in [1.807, 2.05) is 30.3 Å². The number of thiocarbonyl (C=S) groups is 1. The Morgan fingerprint density at radius 1 is 1.12 bits per heavy atom. The molecule has 0 aliphatic heterocycles. The molecule has 166 valence electrons. The summed E-state index contributed by atoms with van der Waals surface area (Å²) >= 11 is 11.6. The molecule has 0 bridgehead atoms. The first-order valence-electron chi connectivity index (χ1n) is 9.42. The van der Waals surface area contributed by atoms with Crippen molar-refractivity contribution in [3.63, 3.8) is 0 Å². The molecular weight excluding hydrogens is 468 g/mol. The zero-order chi connectivity index (χ0) is 23.5. The van der Waals surface area contributed by atoms with Crippen LogP contribution in [0, 0.1) is 10.1 Å². The molecular formula is C21H15ClN6O4S. The highest BCUT2D eigenvalue weighted by Gasteiger charge is 2.19. The molecule has 0 aliphatic rings. The first-order valence-corrected chi connectivity index (χ1v) is 10.2. The fourth-order valence-electron chi connectivity index (χ4n) is 3.01. The van der Waals surface area contributed by atoms with E-state index in [1.54, 1.807) is 12.1 Å². The number of fused-ring (bicyclic) bond motifs is 1. The highest BCUT2D eigenvalue weighted by Crippen LogP contribution is 2.28. The molecule has 0 atom stereocenters. The number of aromatic nitrogens is 3. The van der Waals surface area contributed by atoms with E-state index in [0.29, 0.717) is 21.7 Å². The number of rotatable bonds is 5. The number of amides is 1. The van der Waals surface area contributed by atoms with Crippen molar-refractivity contribution < 1.29 is 14.5 Å². The van der Waals surface area contributed by atoms with Crippen LogP contribution in [0.3, 0.4) is 0 Å². The number of anilines is 1. The van der Waals surface area contributed by atoms with Crippen molar-refractivity contribution in [2.24, 2.45) is 0 Å². The lowest BCUT2D eigenvalue weighted by atomic mass is 10.1. The summed E-state index contributed by atoms with van der Waals surface area (Å²) < 4.78 is 4.94. The van der Waals surface area contributed by atoms with Gasteiger partial charge in [-0.15, -0.1) is 10.2 Å². The number of carbonyl (C=O) groups excluding carboxylic acids is 1. The zero-order valence-electron chi connectivity index (χ0n) is 17.0. The minimum absolute atomic E-state index is 0.0407. The van der Waals surface area contributed by atoms with Crippen molar-refractivity contribution in [1.29, 1.82) is 0 Å². The molecule has 1 aromatic heterocycles. The Morgan fingerprint density at radius 2 is 1.82 bits per heavy atom. The smallest absolute Gasteiger partial charge is 0.311 e. The van der Waals surface area contributed by atoms with Gasteiger partial charge in [0.1, 0.15) is 11.0 Å². The largest absolute Gasteiger partial charge is 0.490 e. The molecule has 0 radical (unpaired) electrons. The van der Waals surface area contributed by atoms with Crippen LogP contribution in [0.4, 0.5) is 11.4 Å². The maximum absolute atomic E-state index is 12.5. The van der Waals surface area contributed by atoms with Gasteiger partial charge in [-0.05, 0) is 48.6 Å². The van der Waals surface area contributed by atoms with E-state index in [9.17, 15) is 14.9 Å². The number of nitrogens with one attached hydrogen (secondary N) is 2. The summed E-state index contributed by atoms with van der Waals surface area (Å²) in [6.45, 7) is 0. The van der Waals surface area contributed by atoms with Gasteiger partial charge in [-0.3, -0.25) is 20.2 Å². The van der Waals surface area contributed by atoms with E-state index < -0.39 is 10.8 Å². The monoisotopic (exact) mass is 482 g/mol. The van der Waals surface area contributed by atoms with Crippen molar-refractivity contribution in [2.75, 3.05) is 12.4 Å². The summed E-state index contributed by atoms with van der Waals surface area (Å²) in [5, 5.41) is 25.6. The number of carbonyl (C=O) groups is 1. The molecule has 1 amide bonds. The molecule has 2 N–H and O–H groups in total. The molecule has 0 fully saturated rings. The molecule has 33 heavy (non-hydrogen) atoms. The summed E-state index contributed by atoms with van der Waals surface area (Å²) in [6, 6.07) is 16.5. The highest BCUT2D eigenvalue weighted by molar-refractivity contribution is 7.80. The van der Waals surface area contributed by atoms with Gasteiger partial charge in [-0.25, -0.2) is 0 Å². The van der Waals surface area contributed by atoms with Crippen molar-refractivity contribution in [3.05, 3.63) is 81.4 Å². The molecule has 3 aromatic carbocycles. The van der Waals surface area contributed by atoms with Crippen LogP contribution in [0.5, 0.6) is 5.75 Å². The van der Waals surface area contributed by atoms with Crippen LogP contribution >= 0.6 is 23.8 Å². The van der Waals surface area contributed by atoms with Crippen LogP contribution in [0.25, 0.3) is 16.7 Å². The van der Waals surface area contributed by atoms with Crippen LogP contribution < -0.4 is 15.4 Å². The van der Waals surface area contributed by atoms with E-state index in [0.717, 1.165) is 11.8 Å². The quantitative estimate of drug-likeness (QED) is 0.247. The average molecular weight is 483 g/mol. The number of methoxy groups -OCH3 is 1. The number of hydrogen-bond donors (Lipinski definition) is 2. The third-order valence-electron chi connectivity index (χ3n) is 4.57. The minimum atomic E-state index is -0.635. The molecule has 4 rings (SSSR count). The van der Waals surface area contributed by atoms with E-state index >= 15 is 0 Å². The first-order chi connectivity index (χ1) is 15.9. The van der Waals surface area contributed by atoms with Crippen molar-refractivity contribution >= 4 is 57.2 Å². The summed E-state index contributed by atoms with van der Waals surface area (Å²) in [4.78, 5) is 24.6. The van der Waals surface area contributed by atoms with Crippen molar-refractivity contribution in [1.82, 2.24) is 20.3 Å². The normalized spacial score (nSPS) is 10.6. The van der Waals surface area contributed by atoms with E-state index in [2.05, 4.69) is 20.8 Å². The number of ether oxygens (including phenoxy) is 1. The van der Waals surface area contributed by atoms with Gasteiger partial charge in [0.2, 0.25) is 0 Å². The summed E-state index contributed by atoms with van der Waals surface area (Å²) in [6.07, 6.45) is 0. The first kappa shape index (κ1) is 22.1. The molecule has 10 nitrogen and oxygen atoms in total. The lowest BCUT2D eigenvalue weighted by molar-refractivity contribution is -0.385. The van der Waals surface area contributed by atoms with Gasteiger partial charge in [0.25, 0.3) is 5.91 Å². The Kier molecular flexibility index (Phi) is 6.16. The summed E-state index contributed by atoms with van der Waals surface area (Å²) in [5.41, 5.74) is 2.05. The predicted molar refractivity (Wildman–Crippen MR) is 127 cm³/mol. The fraction of sp³-hybridized carbons (Fsp3) is 0.0476. The van der Waals surface area contributed by atoms with E-state index in [-0.39, 0.29) is 22.1 Å². The third-order valence-corrected chi connectivity index (χ3v) is 5.09. The molecule has 0 saturated carbocycles. The highest BCUT2D eigenvalue weighted by atomic mass is 35.5. The SMILES string of the molecule is COc1ccc(C(=O)NC(=S)Nc2cc3nn(-c4ccccc4)nc3cc2Cl)cc1[N+](=O)[O-]. The molecule has 0 spiro atoms. The van der Waals surface area contributed by atoms with Crippen LogP contribution in [-0.4, -0.2) is 38.0 Å². The molecule has 0 unspecified atom stereocenters. The fourth-order valence-corrected chi connectivity index (χ4v) is 3.42. The van der Waals surface area contributed by atoms with Crippen LogP contribution in [0.15, 0.2) is 60.7 Å². The van der Waals surface area contributed by atoms with Crippen molar-refractivity contribution in [2.45, 2.75) is 0 Å². The number of halogens is 1. The number of benzene rings is 3. The molecule has 0 saturated heterocycles. The average Bonchev–Trinajstić information content (AvgIpc) is 3.22. The number of hydrogen-bond acceptors (Lipinski definition) is 7. The Hall–Kier alpha value is -4.09. The number of para-hydroxylation sites is 1. The second kappa shape index (κ2) is 9.18. The number of nitrogens with zero attached hydrogens (tertiary/aromatic N) is 4. The Balaban J connectivity index is 1.52. The number of nitro benzene ring substituents is 1. The zero-order valence-corrected chi connectivity index (χ0v) is 18.6. The molecule has 4 aromatic rings. The topological polar surface area (TPSA) is 124 Å². The van der Waals surface area contributed by atoms with Gasteiger partial charge in [0.05, 0.1) is 28.4 Å². The van der Waals surface area contributed by atoms with Gasteiger partial charge < -0.3 is 10.1 Å². The third kappa shape index (κ3) is 4.73. The maximum atomic E-state index is 12.5.